The summed E-state index contributed by atoms with van der Waals surface area (Å²) in [5.41, 5.74) is 0.714. The van der Waals surface area contributed by atoms with E-state index in [1.807, 2.05) is 6.07 Å². The highest BCUT2D eigenvalue weighted by Gasteiger charge is 2.32. The molecule has 2 aromatic rings. The van der Waals surface area contributed by atoms with Crippen molar-refractivity contribution in [3.8, 4) is 11.5 Å². The van der Waals surface area contributed by atoms with Crippen LogP contribution in [0, 0.1) is 0 Å². The zero-order valence-corrected chi connectivity index (χ0v) is 14.3. The summed E-state index contributed by atoms with van der Waals surface area (Å²) in [4.78, 5) is 4.00. The Bertz CT molecular complexity index is 780. The highest BCUT2D eigenvalue weighted by atomic mass is 32.2. The third kappa shape index (κ3) is 4.04. The quantitative estimate of drug-likeness (QED) is 0.799. The molecule has 0 saturated carbocycles. The van der Waals surface area contributed by atoms with E-state index in [-0.39, 0.29) is 11.9 Å². The number of pyridine rings is 1. The predicted molar refractivity (Wildman–Crippen MR) is 90.5 cm³/mol. The first kappa shape index (κ1) is 16.7. The Morgan fingerprint density at radius 2 is 2.08 bits per heavy atom. The summed E-state index contributed by atoms with van der Waals surface area (Å²) in [5, 5.41) is 0. The fourth-order valence-corrected chi connectivity index (χ4v) is 4.28. The maximum absolute atomic E-state index is 12.6. The average Bonchev–Trinajstić information content (AvgIpc) is 3.05. The van der Waals surface area contributed by atoms with Gasteiger partial charge in [0, 0.05) is 12.7 Å². The Labute approximate surface area is 142 Å². The van der Waals surface area contributed by atoms with E-state index in [4.69, 9.17) is 9.47 Å². The first-order valence-electron chi connectivity index (χ1n) is 7.74. The highest BCUT2D eigenvalue weighted by molar-refractivity contribution is 7.88. The SMILES string of the molecule is COc1cccc(CS(=O)(=O)N2CCC(Oc3cccnc3)C2)c1. The lowest BCUT2D eigenvalue weighted by atomic mass is 10.2. The lowest BCUT2D eigenvalue weighted by Gasteiger charge is -2.17. The molecule has 0 spiro atoms. The molecule has 0 amide bonds. The van der Waals surface area contributed by atoms with Crippen LogP contribution in [-0.4, -0.2) is 44.0 Å². The van der Waals surface area contributed by atoms with Crippen molar-refractivity contribution in [1.29, 1.82) is 0 Å². The minimum Gasteiger partial charge on any atom is -0.497 e. The van der Waals surface area contributed by atoms with E-state index in [1.165, 1.54) is 4.31 Å². The van der Waals surface area contributed by atoms with Gasteiger partial charge in [0.05, 0.1) is 25.6 Å². The van der Waals surface area contributed by atoms with Crippen molar-refractivity contribution >= 4 is 10.0 Å². The number of methoxy groups -OCH3 is 1. The molecule has 1 aliphatic rings. The molecule has 7 heteroatoms. The molecule has 1 aromatic carbocycles. The predicted octanol–water partition coefficient (Wildman–Crippen LogP) is 2.07. The van der Waals surface area contributed by atoms with Gasteiger partial charge in [-0.1, -0.05) is 12.1 Å². The van der Waals surface area contributed by atoms with E-state index < -0.39 is 10.0 Å². The molecule has 0 N–H and O–H groups in total. The van der Waals surface area contributed by atoms with Crippen molar-refractivity contribution in [2.24, 2.45) is 0 Å². The molecular formula is C17H20N2O4S. The second kappa shape index (κ2) is 7.19. The maximum atomic E-state index is 12.6. The van der Waals surface area contributed by atoms with Gasteiger partial charge in [-0.3, -0.25) is 4.98 Å². The molecule has 0 bridgehead atoms. The molecule has 1 unspecified atom stereocenters. The minimum absolute atomic E-state index is 0.0379. The number of hydrogen-bond donors (Lipinski definition) is 0. The molecule has 24 heavy (non-hydrogen) atoms. The summed E-state index contributed by atoms with van der Waals surface area (Å²) < 4.78 is 37.7. The largest absolute Gasteiger partial charge is 0.497 e. The van der Waals surface area contributed by atoms with Gasteiger partial charge in [-0.15, -0.1) is 0 Å². The fraction of sp³-hybridized carbons (Fsp3) is 0.353. The summed E-state index contributed by atoms with van der Waals surface area (Å²) in [6, 6.07) is 10.7. The van der Waals surface area contributed by atoms with Crippen LogP contribution in [0.4, 0.5) is 0 Å². The molecule has 1 aliphatic heterocycles. The Hall–Kier alpha value is -2.12. The molecule has 6 nitrogen and oxygen atoms in total. The van der Waals surface area contributed by atoms with Crippen LogP contribution >= 0.6 is 0 Å². The van der Waals surface area contributed by atoms with Crippen LogP contribution in [0.25, 0.3) is 0 Å². The lowest BCUT2D eigenvalue weighted by molar-refractivity contribution is 0.214. The van der Waals surface area contributed by atoms with Crippen LogP contribution in [0.3, 0.4) is 0 Å². The molecule has 3 rings (SSSR count). The second-order valence-corrected chi connectivity index (χ2v) is 7.65. The van der Waals surface area contributed by atoms with E-state index in [1.54, 1.807) is 49.8 Å². The summed E-state index contributed by atoms with van der Waals surface area (Å²) in [5.74, 6) is 1.28. The van der Waals surface area contributed by atoms with Crippen LogP contribution in [0.2, 0.25) is 0 Å². The van der Waals surface area contributed by atoms with Gasteiger partial charge in [0.15, 0.2) is 0 Å². The van der Waals surface area contributed by atoms with Crippen LogP contribution in [-0.2, 0) is 15.8 Å². The molecular weight excluding hydrogens is 328 g/mol. The Morgan fingerprint density at radius 1 is 1.25 bits per heavy atom. The van der Waals surface area contributed by atoms with Crippen LogP contribution in [0.5, 0.6) is 11.5 Å². The average molecular weight is 348 g/mol. The number of ether oxygens (including phenoxy) is 2. The third-order valence-electron chi connectivity index (χ3n) is 3.92. The van der Waals surface area contributed by atoms with Gasteiger partial charge in [-0.25, -0.2) is 8.42 Å². The second-order valence-electron chi connectivity index (χ2n) is 5.68. The number of sulfonamides is 1. The van der Waals surface area contributed by atoms with E-state index >= 15 is 0 Å². The van der Waals surface area contributed by atoms with E-state index in [9.17, 15) is 8.42 Å². The molecule has 0 radical (unpaired) electrons. The van der Waals surface area contributed by atoms with Gasteiger partial charge < -0.3 is 9.47 Å². The number of hydrogen-bond acceptors (Lipinski definition) is 5. The molecule has 128 valence electrons. The summed E-state index contributed by atoms with van der Waals surface area (Å²) in [6.45, 7) is 0.832. The Kier molecular flexibility index (Phi) is 5.01. The van der Waals surface area contributed by atoms with Gasteiger partial charge in [0.2, 0.25) is 10.0 Å². The van der Waals surface area contributed by atoms with Crippen molar-refractivity contribution in [1.82, 2.24) is 9.29 Å². The molecule has 1 saturated heterocycles. The molecule has 1 aromatic heterocycles. The lowest BCUT2D eigenvalue weighted by Crippen LogP contribution is -2.32. The summed E-state index contributed by atoms with van der Waals surface area (Å²) in [7, 11) is -1.82. The maximum Gasteiger partial charge on any atom is 0.218 e. The zero-order valence-electron chi connectivity index (χ0n) is 13.5. The number of nitrogens with zero attached hydrogens (tertiary/aromatic N) is 2. The summed E-state index contributed by atoms with van der Waals surface area (Å²) in [6.07, 6.45) is 3.83. The highest BCUT2D eigenvalue weighted by Crippen LogP contribution is 2.22. The molecule has 0 aliphatic carbocycles. The van der Waals surface area contributed by atoms with E-state index in [0.29, 0.717) is 36.6 Å². The number of rotatable bonds is 6. The smallest absolute Gasteiger partial charge is 0.218 e. The van der Waals surface area contributed by atoms with Crippen LogP contribution in [0.1, 0.15) is 12.0 Å². The standard InChI is InChI=1S/C17H20N2O4S/c1-22-15-5-2-4-14(10-15)13-24(20,21)19-9-7-17(12-19)23-16-6-3-8-18-11-16/h2-6,8,10-11,17H,7,9,12-13H2,1H3. The van der Waals surface area contributed by atoms with Crippen LogP contribution < -0.4 is 9.47 Å². The number of benzene rings is 1. The van der Waals surface area contributed by atoms with Crippen LogP contribution in [0.15, 0.2) is 48.8 Å². The van der Waals surface area contributed by atoms with Gasteiger partial charge in [-0.2, -0.15) is 4.31 Å². The first-order valence-corrected chi connectivity index (χ1v) is 9.35. The van der Waals surface area contributed by atoms with Crippen molar-refractivity contribution < 1.29 is 17.9 Å². The minimum atomic E-state index is -3.38. The topological polar surface area (TPSA) is 68.7 Å². The Morgan fingerprint density at radius 3 is 2.83 bits per heavy atom. The fourth-order valence-electron chi connectivity index (χ4n) is 2.72. The van der Waals surface area contributed by atoms with Crippen molar-refractivity contribution in [2.75, 3.05) is 20.2 Å². The van der Waals surface area contributed by atoms with Crippen molar-refractivity contribution in [3.05, 3.63) is 54.4 Å². The number of aromatic nitrogens is 1. The van der Waals surface area contributed by atoms with Crippen molar-refractivity contribution in [3.63, 3.8) is 0 Å². The van der Waals surface area contributed by atoms with Crippen molar-refractivity contribution in [2.45, 2.75) is 18.3 Å². The van der Waals surface area contributed by atoms with Gasteiger partial charge in [0.1, 0.15) is 17.6 Å². The van der Waals surface area contributed by atoms with Gasteiger partial charge in [0.25, 0.3) is 0 Å². The monoisotopic (exact) mass is 348 g/mol. The first-order chi connectivity index (χ1) is 11.6. The molecule has 1 fully saturated rings. The third-order valence-corrected chi connectivity index (χ3v) is 5.74. The molecule has 2 heterocycles. The summed E-state index contributed by atoms with van der Waals surface area (Å²) >= 11 is 0. The van der Waals surface area contributed by atoms with E-state index in [0.717, 1.165) is 0 Å². The Balaban J connectivity index is 1.63. The normalized spacial score (nSPS) is 18.5. The molecule has 1 atom stereocenters. The van der Waals surface area contributed by atoms with E-state index in [2.05, 4.69) is 4.98 Å². The van der Waals surface area contributed by atoms with Gasteiger partial charge >= 0.3 is 0 Å². The zero-order chi connectivity index (χ0) is 17.0. The van der Waals surface area contributed by atoms with Gasteiger partial charge in [-0.05, 0) is 36.2 Å².